The Labute approximate surface area is 218 Å². The van der Waals surface area contributed by atoms with E-state index in [1.54, 1.807) is 6.07 Å². The van der Waals surface area contributed by atoms with Crippen LogP contribution in [-0.4, -0.2) is 12.3 Å². The highest BCUT2D eigenvalue weighted by Gasteiger charge is 2.35. The molecule has 0 bridgehead atoms. The van der Waals surface area contributed by atoms with Crippen LogP contribution in [0.1, 0.15) is 93.0 Å². The molecule has 2 aromatic rings. The van der Waals surface area contributed by atoms with Gasteiger partial charge in [0.1, 0.15) is 11.6 Å². The fourth-order valence-corrected chi connectivity index (χ4v) is 6.20. The maximum Gasteiger partial charge on any atom is 0.573 e. The van der Waals surface area contributed by atoms with Crippen LogP contribution in [0.3, 0.4) is 0 Å². The molecule has 0 heterocycles. The molecule has 0 unspecified atom stereocenters. The van der Waals surface area contributed by atoms with E-state index in [2.05, 4.69) is 11.7 Å². The predicted molar refractivity (Wildman–Crippen MR) is 129 cm³/mol. The van der Waals surface area contributed by atoms with Crippen molar-refractivity contribution >= 4 is 5.97 Å². The maximum atomic E-state index is 14.8. The lowest BCUT2D eigenvalue weighted by Crippen LogP contribution is -2.25. The lowest BCUT2D eigenvalue weighted by atomic mass is 9.68. The molecule has 0 aliphatic heterocycles. The Kier molecular flexibility index (Phi) is 8.93. The smallest absolute Gasteiger partial charge is 0.423 e. The molecular weight excluding hydrogens is 510 g/mol. The SMILES string of the molecule is CCCC1CCC(C2CCC(c3ccc(C(=O)Oc4cc(F)c(OC(F)(F)F)c(F)c4)c(F)c3)CC2)CC1. The lowest BCUT2D eigenvalue weighted by Gasteiger charge is -2.38. The monoisotopic (exact) mass is 542 g/mol. The molecule has 4 rings (SSSR count). The molecule has 3 nitrogen and oxygen atoms in total. The molecule has 38 heavy (non-hydrogen) atoms. The number of carbonyl (C=O) groups excluding carboxylic acids is 1. The van der Waals surface area contributed by atoms with E-state index in [-0.39, 0.29) is 5.92 Å². The number of hydrogen-bond donors (Lipinski definition) is 0. The first-order valence-corrected chi connectivity index (χ1v) is 13.3. The second-order valence-electron chi connectivity index (χ2n) is 10.6. The van der Waals surface area contributed by atoms with Crippen LogP contribution in [-0.2, 0) is 0 Å². The van der Waals surface area contributed by atoms with E-state index >= 15 is 0 Å². The molecule has 0 N–H and O–H groups in total. The summed E-state index contributed by atoms with van der Waals surface area (Å²) in [5, 5.41) is 0. The van der Waals surface area contributed by atoms with E-state index in [9.17, 15) is 31.1 Å². The van der Waals surface area contributed by atoms with Crippen LogP contribution in [0, 0.1) is 35.2 Å². The molecule has 0 atom stereocenters. The van der Waals surface area contributed by atoms with Gasteiger partial charge in [-0.2, -0.15) is 0 Å². The van der Waals surface area contributed by atoms with Gasteiger partial charge in [0.05, 0.1) is 5.56 Å². The van der Waals surface area contributed by atoms with Crippen molar-refractivity contribution in [3.8, 4) is 11.5 Å². The molecule has 2 aliphatic rings. The average Bonchev–Trinajstić information content (AvgIpc) is 2.86. The summed E-state index contributed by atoms with van der Waals surface area (Å²) in [6, 6.07) is 4.94. The Hall–Kier alpha value is -2.71. The standard InChI is InChI=1S/C29H32F6O3/c1-2-3-17-4-6-18(7-5-17)19-8-10-20(11-9-19)21-12-13-23(24(30)14-21)28(36)37-22-15-25(31)27(26(32)16-22)38-29(33,34)35/h12-20H,2-11H2,1H3. The van der Waals surface area contributed by atoms with Crippen molar-refractivity contribution < 1.29 is 40.6 Å². The Morgan fingerprint density at radius 1 is 0.842 bits per heavy atom. The van der Waals surface area contributed by atoms with Crippen molar-refractivity contribution in [3.05, 3.63) is 58.9 Å². The predicted octanol–water partition coefficient (Wildman–Crippen LogP) is 9.10. The van der Waals surface area contributed by atoms with E-state index in [1.807, 2.05) is 0 Å². The van der Waals surface area contributed by atoms with E-state index in [1.165, 1.54) is 50.7 Å². The van der Waals surface area contributed by atoms with Gasteiger partial charge in [-0.15, -0.1) is 13.2 Å². The zero-order chi connectivity index (χ0) is 27.4. The van der Waals surface area contributed by atoms with E-state index < -0.39 is 46.8 Å². The summed E-state index contributed by atoms with van der Waals surface area (Å²) in [5.74, 6) is -5.33. The minimum absolute atomic E-state index is 0.187. The summed E-state index contributed by atoms with van der Waals surface area (Å²) in [5.41, 5.74) is 0.345. The van der Waals surface area contributed by atoms with Crippen molar-refractivity contribution in [1.82, 2.24) is 0 Å². The van der Waals surface area contributed by atoms with Crippen LogP contribution < -0.4 is 9.47 Å². The van der Waals surface area contributed by atoms with Crippen molar-refractivity contribution in [2.24, 2.45) is 17.8 Å². The minimum atomic E-state index is -5.31. The van der Waals surface area contributed by atoms with Crippen LogP contribution in [0.2, 0.25) is 0 Å². The maximum absolute atomic E-state index is 14.8. The topological polar surface area (TPSA) is 35.5 Å². The second kappa shape index (κ2) is 12.0. The summed E-state index contributed by atoms with van der Waals surface area (Å²) in [6.45, 7) is 2.24. The van der Waals surface area contributed by atoms with Crippen LogP contribution in [0.15, 0.2) is 30.3 Å². The average molecular weight is 543 g/mol. The molecule has 2 saturated carbocycles. The van der Waals surface area contributed by atoms with Gasteiger partial charge in [-0.3, -0.25) is 0 Å². The first kappa shape index (κ1) is 28.3. The van der Waals surface area contributed by atoms with Gasteiger partial charge in [-0.25, -0.2) is 18.0 Å². The first-order valence-electron chi connectivity index (χ1n) is 13.3. The van der Waals surface area contributed by atoms with Gasteiger partial charge >= 0.3 is 12.3 Å². The van der Waals surface area contributed by atoms with Crippen LogP contribution in [0.5, 0.6) is 11.5 Å². The number of ether oxygens (including phenoxy) is 2. The summed E-state index contributed by atoms with van der Waals surface area (Å²) >= 11 is 0. The Bertz CT molecular complexity index is 1090. The van der Waals surface area contributed by atoms with Gasteiger partial charge in [-0.05, 0) is 79.9 Å². The Balaban J connectivity index is 1.34. The van der Waals surface area contributed by atoms with Crippen molar-refractivity contribution in [1.29, 1.82) is 0 Å². The number of hydrogen-bond acceptors (Lipinski definition) is 3. The first-order chi connectivity index (χ1) is 18.0. The molecule has 2 aromatic carbocycles. The third-order valence-electron chi connectivity index (χ3n) is 8.11. The number of esters is 1. The highest BCUT2D eigenvalue weighted by molar-refractivity contribution is 5.91. The largest absolute Gasteiger partial charge is 0.573 e. The number of benzene rings is 2. The summed E-state index contributed by atoms with van der Waals surface area (Å²) in [7, 11) is 0. The van der Waals surface area contributed by atoms with Gasteiger partial charge in [0.25, 0.3) is 0 Å². The molecular formula is C29H32F6O3. The molecule has 0 aromatic heterocycles. The summed E-state index contributed by atoms with van der Waals surface area (Å²) < 4.78 is 87.7. The van der Waals surface area contributed by atoms with Gasteiger partial charge in [-0.1, -0.05) is 38.7 Å². The van der Waals surface area contributed by atoms with Crippen molar-refractivity contribution in [2.45, 2.75) is 83.4 Å². The highest BCUT2D eigenvalue weighted by Crippen LogP contribution is 2.44. The van der Waals surface area contributed by atoms with Gasteiger partial charge in [0, 0.05) is 12.1 Å². The second-order valence-corrected chi connectivity index (χ2v) is 10.6. The van der Waals surface area contributed by atoms with Crippen molar-refractivity contribution in [2.75, 3.05) is 0 Å². The van der Waals surface area contributed by atoms with Crippen molar-refractivity contribution in [3.63, 3.8) is 0 Å². The van der Waals surface area contributed by atoms with Crippen LogP contribution in [0.25, 0.3) is 0 Å². The zero-order valence-corrected chi connectivity index (χ0v) is 21.3. The quantitative estimate of drug-likeness (QED) is 0.199. The number of halogens is 6. The number of alkyl halides is 3. The summed E-state index contributed by atoms with van der Waals surface area (Å²) in [6.07, 6.45) is 6.63. The summed E-state index contributed by atoms with van der Waals surface area (Å²) in [4.78, 5) is 12.4. The molecule has 208 valence electrons. The fraction of sp³-hybridized carbons (Fsp3) is 0.552. The number of rotatable bonds is 7. The van der Waals surface area contributed by atoms with E-state index in [0.717, 1.165) is 43.1 Å². The van der Waals surface area contributed by atoms with E-state index in [0.29, 0.717) is 18.1 Å². The van der Waals surface area contributed by atoms with Gasteiger partial charge < -0.3 is 9.47 Å². The Morgan fingerprint density at radius 2 is 1.42 bits per heavy atom. The van der Waals surface area contributed by atoms with Crippen LogP contribution in [0.4, 0.5) is 26.3 Å². The molecule has 0 amide bonds. The molecule has 0 saturated heterocycles. The van der Waals surface area contributed by atoms with Gasteiger partial charge in [0.2, 0.25) is 5.75 Å². The number of carbonyl (C=O) groups is 1. The molecule has 2 fully saturated rings. The Morgan fingerprint density at radius 3 is 1.95 bits per heavy atom. The third-order valence-corrected chi connectivity index (χ3v) is 8.11. The van der Waals surface area contributed by atoms with Crippen LogP contribution >= 0.6 is 0 Å². The minimum Gasteiger partial charge on any atom is -0.423 e. The lowest BCUT2D eigenvalue weighted by molar-refractivity contribution is -0.276. The fourth-order valence-electron chi connectivity index (χ4n) is 6.20. The van der Waals surface area contributed by atoms with E-state index in [4.69, 9.17) is 4.74 Å². The molecule has 0 spiro atoms. The van der Waals surface area contributed by atoms with Gasteiger partial charge in [0.15, 0.2) is 11.6 Å². The zero-order valence-electron chi connectivity index (χ0n) is 21.3. The molecule has 9 heteroatoms. The third kappa shape index (κ3) is 7.03. The normalized spacial score (nSPS) is 24.2. The molecule has 0 radical (unpaired) electrons. The highest BCUT2D eigenvalue weighted by atomic mass is 19.4. The molecule has 2 aliphatic carbocycles.